The van der Waals surface area contributed by atoms with E-state index in [0.717, 1.165) is 25.8 Å². The minimum atomic E-state index is 0.142. The minimum absolute atomic E-state index is 0.142. The Hall–Kier alpha value is -0.870. The van der Waals surface area contributed by atoms with Crippen molar-refractivity contribution in [2.75, 3.05) is 6.54 Å². The van der Waals surface area contributed by atoms with Crippen LogP contribution in [-0.4, -0.2) is 12.5 Å². The highest BCUT2D eigenvalue weighted by Crippen LogP contribution is 2.14. The molecule has 0 aromatic carbocycles. The summed E-state index contributed by atoms with van der Waals surface area (Å²) in [6, 6.07) is 4.14. The third kappa shape index (κ3) is 5.28. The van der Waals surface area contributed by atoms with Gasteiger partial charge in [-0.2, -0.15) is 0 Å². The second-order valence-corrected chi connectivity index (χ2v) is 5.26. The van der Waals surface area contributed by atoms with E-state index in [-0.39, 0.29) is 5.91 Å². The molecular weight excluding hydrogens is 220 g/mol. The molecule has 0 spiro atoms. The number of thiophene rings is 1. The Labute approximate surface area is 101 Å². The standard InChI is InChI=1S/C12H20N2OS/c1-10-6-7-11(16-10)9-14-12(15)5-3-2-4-8-13/h6-7H,2-5,8-9,13H2,1H3,(H,14,15). The number of carbonyl (C=O) groups excluding carboxylic acids is 1. The predicted octanol–water partition coefficient (Wildman–Crippen LogP) is 2.19. The highest BCUT2D eigenvalue weighted by atomic mass is 32.1. The second-order valence-electron chi connectivity index (χ2n) is 3.89. The lowest BCUT2D eigenvalue weighted by Crippen LogP contribution is -2.21. The first-order chi connectivity index (χ1) is 7.72. The smallest absolute Gasteiger partial charge is 0.220 e. The Bertz CT molecular complexity index is 323. The van der Waals surface area contributed by atoms with E-state index in [1.54, 1.807) is 11.3 Å². The summed E-state index contributed by atoms with van der Waals surface area (Å²) in [6.07, 6.45) is 3.61. The normalized spacial score (nSPS) is 10.4. The van der Waals surface area contributed by atoms with Gasteiger partial charge in [0.05, 0.1) is 6.54 Å². The molecule has 3 nitrogen and oxygen atoms in total. The van der Waals surface area contributed by atoms with Crippen LogP contribution in [0.4, 0.5) is 0 Å². The predicted molar refractivity (Wildman–Crippen MR) is 68.4 cm³/mol. The van der Waals surface area contributed by atoms with Crippen molar-refractivity contribution in [3.05, 3.63) is 21.9 Å². The number of unbranched alkanes of at least 4 members (excludes halogenated alkanes) is 2. The highest BCUT2D eigenvalue weighted by molar-refractivity contribution is 7.11. The number of rotatable bonds is 7. The zero-order valence-corrected chi connectivity index (χ0v) is 10.6. The summed E-state index contributed by atoms with van der Waals surface area (Å²) in [4.78, 5) is 13.9. The van der Waals surface area contributed by atoms with E-state index in [1.165, 1.54) is 9.75 Å². The van der Waals surface area contributed by atoms with Gasteiger partial charge in [0.2, 0.25) is 5.91 Å². The summed E-state index contributed by atoms with van der Waals surface area (Å²) in [5, 5.41) is 2.93. The molecule has 0 saturated heterocycles. The van der Waals surface area contributed by atoms with Crippen molar-refractivity contribution in [1.29, 1.82) is 0 Å². The lowest BCUT2D eigenvalue weighted by Gasteiger charge is -2.03. The molecule has 0 saturated carbocycles. The maximum atomic E-state index is 11.4. The average Bonchev–Trinajstić information content (AvgIpc) is 2.68. The van der Waals surface area contributed by atoms with Gasteiger partial charge in [0.1, 0.15) is 0 Å². The van der Waals surface area contributed by atoms with Crippen molar-refractivity contribution in [3.63, 3.8) is 0 Å². The van der Waals surface area contributed by atoms with Crippen LogP contribution in [-0.2, 0) is 11.3 Å². The van der Waals surface area contributed by atoms with Crippen LogP contribution in [0.3, 0.4) is 0 Å². The maximum absolute atomic E-state index is 11.4. The molecule has 16 heavy (non-hydrogen) atoms. The van der Waals surface area contributed by atoms with Crippen LogP contribution in [0.25, 0.3) is 0 Å². The van der Waals surface area contributed by atoms with Crippen LogP contribution >= 0.6 is 11.3 Å². The van der Waals surface area contributed by atoms with Gasteiger partial charge in [-0.1, -0.05) is 6.42 Å². The van der Waals surface area contributed by atoms with Crippen molar-refractivity contribution in [3.8, 4) is 0 Å². The molecule has 0 aliphatic carbocycles. The fraction of sp³-hybridized carbons (Fsp3) is 0.583. The van der Waals surface area contributed by atoms with Crippen LogP contribution < -0.4 is 11.1 Å². The molecule has 0 aliphatic heterocycles. The summed E-state index contributed by atoms with van der Waals surface area (Å²) in [6.45, 7) is 3.45. The third-order valence-corrected chi connectivity index (χ3v) is 3.36. The average molecular weight is 240 g/mol. The van der Waals surface area contributed by atoms with Gasteiger partial charge >= 0.3 is 0 Å². The van der Waals surface area contributed by atoms with Gasteiger partial charge in [-0.15, -0.1) is 11.3 Å². The van der Waals surface area contributed by atoms with E-state index < -0.39 is 0 Å². The molecule has 90 valence electrons. The summed E-state index contributed by atoms with van der Waals surface area (Å²) in [5.74, 6) is 0.142. The van der Waals surface area contributed by atoms with Crippen LogP contribution in [0.2, 0.25) is 0 Å². The number of hydrogen-bond acceptors (Lipinski definition) is 3. The van der Waals surface area contributed by atoms with E-state index in [2.05, 4.69) is 24.4 Å². The fourth-order valence-electron chi connectivity index (χ4n) is 1.46. The van der Waals surface area contributed by atoms with Gasteiger partial charge in [0.25, 0.3) is 0 Å². The number of nitrogens with one attached hydrogen (secondary N) is 1. The van der Waals surface area contributed by atoms with Crippen molar-refractivity contribution >= 4 is 17.2 Å². The van der Waals surface area contributed by atoms with E-state index >= 15 is 0 Å². The number of hydrogen-bond donors (Lipinski definition) is 2. The molecule has 0 aliphatic rings. The van der Waals surface area contributed by atoms with Crippen molar-refractivity contribution in [2.45, 2.75) is 39.2 Å². The lowest BCUT2D eigenvalue weighted by atomic mass is 10.2. The molecule has 1 aromatic rings. The fourth-order valence-corrected chi connectivity index (χ4v) is 2.29. The van der Waals surface area contributed by atoms with Gasteiger partial charge in [0.15, 0.2) is 0 Å². The van der Waals surface area contributed by atoms with Gasteiger partial charge in [0, 0.05) is 16.2 Å². The second kappa shape index (κ2) is 7.41. The summed E-state index contributed by atoms with van der Waals surface area (Å²) < 4.78 is 0. The van der Waals surface area contributed by atoms with Crippen molar-refractivity contribution < 1.29 is 4.79 Å². The minimum Gasteiger partial charge on any atom is -0.351 e. The quantitative estimate of drug-likeness (QED) is 0.718. The highest BCUT2D eigenvalue weighted by Gasteiger charge is 2.02. The van der Waals surface area contributed by atoms with Crippen LogP contribution in [0.1, 0.15) is 35.4 Å². The number of amides is 1. The topological polar surface area (TPSA) is 55.1 Å². The summed E-state index contributed by atoms with van der Waals surface area (Å²) in [7, 11) is 0. The Morgan fingerprint density at radius 2 is 2.19 bits per heavy atom. The molecule has 0 unspecified atom stereocenters. The molecule has 1 rings (SSSR count). The van der Waals surface area contributed by atoms with Gasteiger partial charge in [-0.05, 0) is 38.4 Å². The molecule has 1 amide bonds. The Kier molecular flexibility index (Phi) is 6.11. The van der Waals surface area contributed by atoms with E-state index in [0.29, 0.717) is 13.0 Å². The van der Waals surface area contributed by atoms with Crippen LogP contribution in [0.5, 0.6) is 0 Å². The first-order valence-electron chi connectivity index (χ1n) is 5.74. The molecule has 0 fully saturated rings. The van der Waals surface area contributed by atoms with E-state index in [1.807, 2.05) is 0 Å². The largest absolute Gasteiger partial charge is 0.351 e. The van der Waals surface area contributed by atoms with E-state index in [4.69, 9.17) is 5.73 Å². The zero-order chi connectivity index (χ0) is 11.8. The molecule has 1 aromatic heterocycles. The summed E-state index contributed by atoms with van der Waals surface area (Å²) >= 11 is 1.73. The van der Waals surface area contributed by atoms with Crippen molar-refractivity contribution in [2.24, 2.45) is 5.73 Å². The first-order valence-corrected chi connectivity index (χ1v) is 6.56. The number of aryl methyl sites for hydroxylation is 1. The molecule has 0 radical (unpaired) electrons. The maximum Gasteiger partial charge on any atom is 0.220 e. The van der Waals surface area contributed by atoms with Crippen LogP contribution in [0, 0.1) is 6.92 Å². The van der Waals surface area contributed by atoms with Crippen LogP contribution in [0.15, 0.2) is 12.1 Å². The molecular formula is C12H20N2OS. The van der Waals surface area contributed by atoms with Gasteiger partial charge < -0.3 is 11.1 Å². The molecule has 4 heteroatoms. The monoisotopic (exact) mass is 240 g/mol. The summed E-state index contributed by atoms with van der Waals surface area (Å²) in [5.41, 5.74) is 5.38. The Morgan fingerprint density at radius 1 is 1.38 bits per heavy atom. The third-order valence-electron chi connectivity index (χ3n) is 2.36. The zero-order valence-electron chi connectivity index (χ0n) is 9.79. The Morgan fingerprint density at radius 3 is 2.81 bits per heavy atom. The molecule has 0 atom stereocenters. The molecule has 0 bridgehead atoms. The Balaban J connectivity index is 2.10. The van der Waals surface area contributed by atoms with Crippen molar-refractivity contribution in [1.82, 2.24) is 5.32 Å². The first kappa shape index (κ1) is 13.2. The number of carbonyl (C=O) groups is 1. The number of nitrogens with two attached hydrogens (primary N) is 1. The van der Waals surface area contributed by atoms with Gasteiger partial charge in [-0.25, -0.2) is 0 Å². The lowest BCUT2D eigenvalue weighted by molar-refractivity contribution is -0.121. The molecule has 3 N–H and O–H groups in total. The SMILES string of the molecule is Cc1ccc(CNC(=O)CCCCCN)s1. The van der Waals surface area contributed by atoms with Gasteiger partial charge in [-0.3, -0.25) is 4.79 Å². The molecule has 1 heterocycles. The van der Waals surface area contributed by atoms with E-state index in [9.17, 15) is 4.79 Å².